The summed E-state index contributed by atoms with van der Waals surface area (Å²) >= 11 is 0. The van der Waals surface area contributed by atoms with Gasteiger partial charge in [0.15, 0.2) is 0 Å². The molecular formula is C30H37FN2O4. The summed E-state index contributed by atoms with van der Waals surface area (Å²) in [5.74, 6) is 0.306. The number of carboxylic acids is 1. The molecule has 198 valence electrons. The standard InChI is InChI=1S/C30H37FN2O4/c1-36-23-11-13-28-25(19-23)24(14-16-32-28)27(31)12-10-21-15-18-33(20-26(21)30(34)35)17-6-5-8-22-7-3-4-9-29(22)37-2/h3-4,7,9,11,13-14,16,19,21,26-27H,5-6,8,10,12,15,17-18,20H2,1-2H3,(H,34,35)/t21-,26+,27?/m1/s1. The fraction of sp³-hybridized carbons (Fsp3) is 0.467. The number of aryl methyl sites for hydroxylation is 1. The molecule has 3 atom stereocenters. The Morgan fingerprint density at radius 3 is 2.78 bits per heavy atom. The number of aliphatic carboxylic acids is 1. The number of pyridine rings is 1. The molecule has 0 spiro atoms. The number of carboxylic acid groups (broad SMARTS) is 1. The molecular weight excluding hydrogens is 471 g/mol. The lowest BCUT2D eigenvalue weighted by Crippen LogP contribution is -2.44. The predicted octanol–water partition coefficient (Wildman–Crippen LogP) is 6.09. The third-order valence-electron chi connectivity index (χ3n) is 7.63. The molecule has 6 nitrogen and oxygen atoms in total. The van der Waals surface area contributed by atoms with Crippen molar-refractivity contribution in [2.45, 2.75) is 44.7 Å². The van der Waals surface area contributed by atoms with Crippen LogP contribution in [0.2, 0.25) is 0 Å². The van der Waals surface area contributed by atoms with E-state index in [-0.39, 0.29) is 5.92 Å². The summed E-state index contributed by atoms with van der Waals surface area (Å²) in [5.41, 5.74) is 2.51. The van der Waals surface area contributed by atoms with E-state index in [0.29, 0.717) is 30.7 Å². The molecule has 7 heteroatoms. The maximum absolute atomic E-state index is 15.4. The Morgan fingerprint density at radius 1 is 1.16 bits per heavy atom. The molecule has 2 aromatic carbocycles. The van der Waals surface area contributed by atoms with Gasteiger partial charge in [-0.15, -0.1) is 0 Å². The number of alkyl halides is 1. The first-order chi connectivity index (χ1) is 18.0. The molecule has 1 unspecified atom stereocenters. The Balaban J connectivity index is 1.29. The quantitative estimate of drug-likeness (QED) is 0.299. The molecule has 37 heavy (non-hydrogen) atoms. The summed E-state index contributed by atoms with van der Waals surface area (Å²) in [6.45, 7) is 2.26. The number of ether oxygens (including phenoxy) is 2. The number of likely N-dealkylation sites (tertiary alicyclic amines) is 1. The van der Waals surface area contributed by atoms with Crippen molar-refractivity contribution < 1.29 is 23.8 Å². The van der Waals surface area contributed by atoms with Crippen LogP contribution in [0, 0.1) is 11.8 Å². The van der Waals surface area contributed by atoms with Gasteiger partial charge in [0, 0.05) is 18.1 Å². The van der Waals surface area contributed by atoms with E-state index in [1.807, 2.05) is 36.4 Å². The second kappa shape index (κ2) is 12.9. The molecule has 1 aliphatic heterocycles. The van der Waals surface area contributed by atoms with Crippen molar-refractivity contribution in [2.24, 2.45) is 11.8 Å². The Morgan fingerprint density at radius 2 is 2.00 bits per heavy atom. The minimum atomic E-state index is -1.18. The molecule has 4 rings (SSSR count). The SMILES string of the molecule is COc1ccc2nccc(C(F)CC[C@@H]3CCN(CCCCc4ccccc4OC)C[C@@H]3C(=O)O)c2c1. The molecule has 1 aromatic heterocycles. The monoisotopic (exact) mass is 508 g/mol. The van der Waals surface area contributed by atoms with Gasteiger partial charge in [0.2, 0.25) is 0 Å². The van der Waals surface area contributed by atoms with Gasteiger partial charge in [-0.3, -0.25) is 9.78 Å². The van der Waals surface area contributed by atoms with E-state index in [0.717, 1.165) is 55.4 Å². The first kappa shape index (κ1) is 26.9. The van der Waals surface area contributed by atoms with Crippen LogP contribution in [0.5, 0.6) is 11.5 Å². The van der Waals surface area contributed by atoms with E-state index in [2.05, 4.69) is 16.0 Å². The molecule has 0 radical (unpaired) electrons. The van der Waals surface area contributed by atoms with E-state index in [9.17, 15) is 9.90 Å². The molecule has 1 aliphatic rings. The zero-order valence-electron chi connectivity index (χ0n) is 21.7. The third-order valence-corrected chi connectivity index (χ3v) is 7.63. The zero-order chi connectivity index (χ0) is 26.2. The van der Waals surface area contributed by atoms with Crippen molar-refractivity contribution in [3.63, 3.8) is 0 Å². The number of nitrogens with zero attached hydrogens (tertiary/aromatic N) is 2. The summed E-state index contributed by atoms with van der Waals surface area (Å²) in [7, 11) is 3.28. The van der Waals surface area contributed by atoms with Crippen LogP contribution >= 0.6 is 0 Å². The van der Waals surface area contributed by atoms with Crippen LogP contribution in [0.1, 0.15) is 49.4 Å². The van der Waals surface area contributed by atoms with Crippen molar-refractivity contribution in [3.05, 3.63) is 65.9 Å². The van der Waals surface area contributed by atoms with Crippen LogP contribution in [0.3, 0.4) is 0 Å². The van der Waals surface area contributed by atoms with Gasteiger partial charge in [0.1, 0.15) is 17.7 Å². The molecule has 0 aliphatic carbocycles. The van der Waals surface area contributed by atoms with Crippen molar-refractivity contribution in [2.75, 3.05) is 33.9 Å². The van der Waals surface area contributed by atoms with Crippen LogP contribution in [0.25, 0.3) is 10.9 Å². The number of aromatic nitrogens is 1. The number of para-hydroxylation sites is 1. The van der Waals surface area contributed by atoms with Gasteiger partial charge in [-0.25, -0.2) is 4.39 Å². The predicted molar refractivity (Wildman–Crippen MR) is 143 cm³/mol. The summed E-state index contributed by atoms with van der Waals surface area (Å²) in [6.07, 6.45) is 5.03. The molecule has 1 fully saturated rings. The minimum absolute atomic E-state index is 0.0248. The smallest absolute Gasteiger partial charge is 0.308 e. The number of piperidine rings is 1. The highest BCUT2D eigenvalue weighted by molar-refractivity contribution is 5.83. The fourth-order valence-electron chi connectivity index (χ4n) is 5.52. The normalized spacial score (nSPS) is 19.0. The maximum Gasteiger partial charge on any atom is 0.308 e. The minimum Gasteiger partial charge on any atom is -0.497 e. The first-order valence-electron chi connectivity index (χ1n) is 13.1. The number of hydrogen-bond donors (Lipinski definition) is 1. The Kier molecular flexibility index (Phi) is 9.34. The van der Waals surface area contributed by atoms with E-state index in [4.69, 9.17) is 9.47 Å². The van der Waals surface area contributed by atoms with Gasteiger partial charge in [-0.05, 0) is 99.0 Å². The first-order valence-corrected chi connectivity index (χ1v) is 13.1. The number of hydrogen-bond acceptors (Lipinski definition) is 5. The topological polar surface area (TPSA) is 71.9 Å². The lowest BCUT2D eigenvalue weighted by atomic mass is 9.81. The van der Waals surface area contributed by atoms with Crippen molar-refractivity contribution in [1.82, 2.24) is 9.88 Å². The average Bonchev–Trinajstić information content (AvgIpc) is 2.93. The van der Waals surface area contributed by atoms with Crippen LogP contribution in [-0.2, 0) is 11.2 Å². The molecule has 1 saturated heterocycles. The number of rotatable bonds is 12. The molecule has 0 bridgehead atoms. The van der Waals surface area contributed by atoms with Crippen molar-refractivity contribution in [1.29, 1.82) is 0 Å². The molecule has 2 heterocycles. The largest absolute Gasteiger partial charge is 0.497 e. The summed E-state index contributed by atoms with van der Waals surface area (Å²) in [6, 6.07) is 15.2. The lowest BCUT2D eigenvalue weighted by Gasteiger charge is -2.37. The van der Waals surface area contributed by atoms with Gasteiger partial charge >= 0.3 is 5.97 Å². The van der Waals surface area contributed by atoms with E-state index in [1.54, 1.807) is 26.5 Å². The number of fused-ring (bicyclic) bond motifs is 1. The van der Waals surface area contributed by atoms with Crippen molar-refractivity contribution in [3.8, 4) is 11.5 Å². The van der Waals surface area contributed by atoms with Gasteiger partial charge < -0.3 is 19.5 Å². The summed E-state index contributed by atoms with van der Waals surface area (Å²) in [5, 5.41) is 10.7. The number of carbonyl (C=O) groups is 1. The number of methoxy groups -OCH3 is 2. The average molecular weight is 509 g/mol. The number of unbranched alkanes of at least 4 members (excludes halogenated alkanes) is 1. The molecule has 3 aromatic rings. The summed E-state index contributed by atoms with van der Waals surface area (Å²) in [4.78, 5) is 18.7. The number of halogens is 1. The highest BCUT2D eigenvalue weighted by Crippen LogP contribution is 2.35. The third kappa shape index (κ3) is 6.77. The van der Waals surface area contributed by atoms with Crippen molar-refractivity contribution >= 4 is 16.9 Å². The fourth-order valence-corrected chi connectivity index (χ4v) is 5.52. The van der Waals surface area contributed by atoms with Gasteiger partial charge in [0.25, 0.3) is 0 Å². The van der Waals surface area contributed by atoms with Crippen LogP contribution in [0.15, 0.2) is 54.7 Å². The van der Waals surface area contributed by atoms with E-state index >= 15 is 4.39 Å². The van der Waals surface area contributed by atoms with Gasteiger partial charge in [0.05, 0.1) is 25.7 Å². The molecule has 0 saturated carbocycles. The van der Waals surface area contributed by atoms with Crippen LogP contribution in [0.4, 0.5) is 4.39 Å². The molecule has 1 N–H and O–H groups in total. The zero-order valence-corrected chi connectivity index (χ0v) is 21.7. The van der Waals surface area contributed by atoms with Gasteiger partial charge in [-0.1, -0.05) is 18.2 Å². The number of benzene rings is 2. The highest BCUT2D eigenvalue weighted by atomic mass is 19.1. The Bertz CT molecular complexity index is 1190. The highest BCUT2D eigenvalue weighted by Gasteiger charge is 2.34. The second-order valence-corrected chi connectivity index (χ2v) is 9.89. The van der Waals surface area contributed by atoms with Crippen LogP contribution in [-0.4, -0.2) is 54.8 Å². The summed E-state index contributed by atoms with van der Waals surface area (Å²) < 4.78 is 26.2. The van der Waals surface area contributed by atoms with Crippen LogP contribution < -0.4 is 9.47 Å². The van der Waals surface area contributed by atoms with E-state index < -0.39 is 18.1 Å². The Labute approximate surface area is 218 Å². The molecule has 0 amide bonds. The van der Waals surface area contributed by atoms with E-state index in [1.165, 1.54) is 5.56 Å². The second-order valence-electron chi connectivity index (χ2n) is 9.89. The van der Waals surface area contributed by atoms with Gasteiger partial charge in [-0.2, -0.15) is 0 Å². The maximum atomic E-state index is 15.4. The Hall–Kier alpha value is -3.19. The lowest BCUT2D eigenvalue weighted by molar-refractivity contribution is -0.146.